The zero-order chi connectivity index (χ0) is 20.1. The Hall–Kier alpha value is -3.18. The molecule has 9 nitrogen and oxygen atoms in total. The Morgan fingerprint density at radius 2 is 2.04 bits per heavy atom. The second-order valence-electron chi connectivity index (χ2n) is 5.26. The summed E-state index contributed by atoms with van der Waals surface area (Å²) in [4.78, 5) is 22.9. The molecule has 0 saturated carbocycles. The van der Waals surface area contributed by atoms with Crippen molar-refractivity contribution in [3.8, 4) is 5.75 Å². The van der Waals surface area contributed by atoms with Gasteiger partial charge in [0.05, 0.1) is 24.7 Å². The standard InChI is InChI=1S/C17H14N4O5S2/c1-25-12-5-3-4-10(8-12)18-16-19-20-17(28-16)27-14-7-6-11(21(23)24)9-13(14)15(22)26-2/h3-9H,1-2H3,(H,18,19). The molecule has 0 aliphatic rings. The topological polar surface area (TPSA) is 116 Å². The SMILES string of the molecule is COC(=O)c1cc([N+](=O)[O-])ccc1Sc1nnc(Nc2cccc(OC)c2)s1. The van der Waals surface area contributed by atoms with Crippen LogP contribution in [0.25, 0.3) is 0 Å². The average Bonchev–Trinajstić information content (AvgIpc) is 3.14. The number of nitro groups is 1. The van der Waals surface area contributed by atoms with Gasteiger partial charge >= 0.3 is 5.97 Å². The van der Waals surface area contributed by atoms with Gasteiger partial charge in [-0.05, 0) is 18.2 Å². The molecule has 3 rings (SSSR count). The van der Waals surface area contributed by atoms with E-state index in [0.717, 1.165) is 5.69 Å². The molecule has 0 unspecified atom stereocenters. The van der Waals surface area contributed by atoms with Gasteiger partial charge in [-0.3, -0.25) is 10.1 Å². The van der Waals surface area contributed by atoms with Crippen LogP contribution in [0.5, 0.6) is 5.75 Å². The summed E-state index contributed by atoms with van der Waals surface area (Å²) in [6.45, 7) is 0. The third-order valence-corrected chi connectivity index (χ3v) is 5.47. The zero-order valence-electron chi connectivity index (χ0n) is 14.7. The van der Waals surface area contributed by atoms with Crippen molar-refractivity contribution in [3.05, 3.63) is 58.1 Å². The number of hydrogen-bond acceptors (Lipinski definition) is 10. The minimum absolute atomic E-state index is 0.0965. The van der Waals surface area contributed by atoms with Crippen LogP contribution in [-0.2, 0) is 4.74 Å². The van der Waals surface area contributed by atoms with Gasteiger partial charge in [-0.15, -0.1) is 10.2 Å². The van der Waals surface area contributed by atoms with E-state index in [0.29, 0.717) is 20.1 Å². The van der Waals surface area contributed by atoms with Crippen molar-refractivity contribution in [3.63, 3.8) is 0 Å². The molecule has 0 bridgehead atoms. The summed E-state index contributed by atoms with van der Waals surface area (Å²) in [6.07, 6.45) is 0. The van der Waals surface area contributed by atoms with E-state index in [4.69, 9.17) is 9.47 Å². The van der Waals surface area contributed by atoms with Crippen molar-refractivity contribution in [1.82, 2.24) is 10.2 Å². The Bertz CT molecular complexity index is 1020. The van der Waals surface area contributed by atoms with Crippen LogP contribution < -0.4 is 10.1 Å². The molecular weight excluding hydrogens is 404 g/mol. The highest BCUT2D eigenvalue weighted by atomic mass is 32.2. The smallest absolute Gasteiger partial charge is 0.339 e. The second-order valence-corrected chi connectivity index (χ2v) is 7.53. The highest BCUT2D eigenvalue weighted by Crippen LogP contribution is 2.36. The highest BCUT2D eigenvalue weighted by Gasteiger charge is 2.19. The summed E-state index contributed by atoms with van der Waals surface area (Å²) in [5.74, 6) is 0.0446. The normalized spacial score (nSPS) is 10.4. The Morgan fingerprint density at radius 1 is 1.21 bits per heavy atom. The lowest BCUT2D eigenvalue weighted by molar-refractivity contribution is -0.384. The first-order valence-corrected chi connectivity index (χ1v) is 9.42. The molecule has 0 aliphatic heterocycles. The third-order valence-electron chi connectivity index (χ3n) is 3.50. The van der Waals surface area contributed by atoms with E-state index < -0.39 is 10.9 Å². The van der Waals surface area contributed by atoms with E-state index in [-0.39, 0.29) is 11.3 Å². The van der Waals surface area contributed by atoms with E-state index in [1.165, 1.54) is 48.4 Å². The van der Waals surface area contributed by atoms with Gasteiger partial charge in [0, 0.05) is 28.8 Å². The number of carbonyl (C=O) groups excluding carboxylic acids is 1. The molecule has 0 aliphatic carbocycles. The summed E-state index contributed by atoms with van der Waals surface area (Å²) >= 11 is 2.45. The number of nitrogens with one attached hydrogen (secondary N) is 1. The summed E-state index contributed by atoms with van der Waals surface area (Å²) in [5, 5.41) is 22.8. The molecule has 0 radical (unpaired) electrons. The fourth-order valence-electron chi connectivity index (χ4n) is 2.21. The van der Waals surface area contributed by atoms with Crippen LogP contribution in [0.3, 0.4) is 0 Å². The quantitative estimate of drug-likeness (QED) is 0.343. The summed E-state index contributed by atoms with van der Waals surface area (Å²) in [5.41, 5.74) is 0.694. The van der Waals surface area contributed by atoms with Gasteiger partial charge in [0.15, 0.2) is 4.34 Å². The molecule has 3 aromatic rings. The maximum absolute atomic E-state index is 12.0. The summed E-state index contributed by atoms with van der Waals surface area (Å²) in [7, 11) is 2.80. The van der Waals surface area contributed by atoms with Crippen LogP contribution >= 0.6 is 23.1 Å². The average molecular weight is 418 g/mol. The molecule has 2 aromatic carbocycles. The van der Waals surface area contributed by atoms with Gasteiger partial charge in [-0.1, -0.05) is 29.2 Å². The molecule has 1 aromatic heterocycles. The molecule has 0 amide bonds. The van der Waals surface area contributed by atoms with Crippen molar-refractivity contribution < 1.29 is 19.2 Å². The number of benzene rings is 2. The number of carbonyl (C=O) groups is 1. The molecule has 11 heteroatoms. The Morgan fingerprint density at radius 3 is 2.75 bits per heavy atom. The number of rotatable bonds is 7. The fourth-order valence-corrected chi connectivity index (χ4v) is 4.04. The van der Waals surface area contributed by atoms with Crippen molar-refractivity contribution in [2.45, 2.75) is 9.24 Å². The Kier molecular flexibility index (Phi) is 6.06. The van der Waals surface area contributed by atoms with Crippen molar-refractivity contribution in [2.75, 3.05) is 19.5 Å². The molecule has 1 N–H and O–H groups in total. The van der Waals surface area contributed by atoms with Crippen LogP contribution in [0.1, 0.15) is 10.4 Å². The number of hydrogen-bond donors (Lipinski definition) is 1. The molecule has 144 valence electrons. The number of non-ortho nitro benzene ring substituents is 1. The van der Waals surface area contributed by atoms with E-state index in [1.54, 1.807) is 7.11 Å². The van der Waals surface area contributed by atoms with Crippen LogP contribution in [0.2, 0.25) is 0 Å². The van der Waals surface area contributed by atoms with Crippen molar-refractivity contribution in [1.29, 1.82) is 0 Å². The molecule has 1 heterocycles. The number of anilines is 2. The molecular formula is C17H14N4O5S2. The third kappa shape index (κ3) is 4.56. The maximum atomic E-state index is 12.0. The number of ether oxygens (including phenoxy) is 2. The van der Waals surface area contributed by atoms with E-state index in [1.807, 2.05) is 24.3 Å². The van der Waals surface area contributed by atoms with Crippen molar-refractivity contribution >= 4 is 45.6 Å². The number of aromatic nitrogens is 2. The first-order valence-electron chi connectivity index (χ1n) is 7.79. The minimum atomic E-state index is -0.662. The first kappa shape index (κ1) is 19.6. The number of methoxy groups -OCH3 is 2. The van der Waals surface area contributed by atoms with Gasteiger partial charge < -0.3 is 14.8 Å². The van der Waals surface area contributed by atoms with E-state index >= 15 is 0 Å². The zero-order valence-corrected chi connectivity index (χ0v) is 16.4. The van der Waals surface area contributed by atoms with Gasteiger partial charge in [0.1, 0.15) is 5.75 Å². The lowest BCUT2D eigenvalue weighted by Crippen LogP contribution is -2.04. The largest absolute Gasteiger partial charge is 0.497 e. The van der Waals surface area contributed by atoms with E-state index in [2.05, 4.69) is 15.5 Å². The lowest BCUT2D eigenvalue weighted by Gasteiger charge is -2.05. The highest BCUT2D eigenvalue weighted by molar-refractivity contribution is 8.01. The monoisotopic (exact) mass is 418 g/mol. The van der Waals surface area contributed by atoms with Gasteiger partial charge in [0.25, 0.3) is 5.69 Å². The summed E-state index contributed by atoms with van der Waals surface area (Å²) < 4.78 is 10.5. The molecule has 0 saturated heterocycles. The number of nitrogens with zero attached hydrogens (tertiary/aromatic N) is 3. The lowest BCUT2D eigenvalue weighted by atomic mass is 10.2. The van der Waals surface area contributed by atoms with Crippen molar-refractivity contribution in [2.24, 2.45) is 0 Å². The molecule has 0 fully saturated rings. The van der Waals surface area contributed by atoms with Crippen LogP contribution in [-0.4, -0.2) is 35.3 Å². The molecule has 0 spiro atoms. The van der Waals surface area contributed by atoms with Crippen LogP contribution in [0, 0.1) is 10.1 Å². The fraction of sp³-hybridized carbons (Fsp3) is 0.118. The Labute approximate surface area is 167 Å². The van der Waals surface area contributed by atoms with E-state index in [9.17, 15) is 14.9 Å². The van der Waals surface area contributed by atoms with Crippen LogP contribution in [0.15, 0.2) is 51.7 Å². The molecule has 0 atom stereocenters. The number of esters is 1. The summed E-state index contributed by atoms with van der Waals surface area (Å²) in [6, 6.07) is 11.4. The van der Waals surface area contributed by atoms with Gasteiger partial charge in [-0.2, -0.15) is 0 Å². The van der Waals surface area contributed by atoms with Crippen LogP contribution in [0.4, 0.5) is 16.5 Å². The number of nitro benzene ring substituents is 1. The predicted molar refractivity (Wildman–Crippen MR) is 105 cm³/mol. The predicted octanol–water partition coefficient (Wildman–Crippen LogP) is 4.14. The second kappa shape index (κ2) is 8.67. The first-order chi connectivity index (χ1) is 13.5. The minimum Gasteiger partial charge on any atom is -0.497 e. The van der Waals surface area contributed by atoms with Gasteiger partial charge in [0.2, 0.25) is 5.13 Å². The Balaban J connectivity index is 1.81. The molecule has 28 heavy (non-hydrogen) atoms. The van der Waals surface area contributed by atoms with Gasteiger partial charge in [-0.25, -0.2) is 4.79 Å². The maximum Gasteiger partial charge on any atom is 0.339 e.